The van der Waals surface area contributed by atoms with E-state index in [9.17, 15) is 9.59 Å². The summed E-state index contributed by atoms with van der Waals surface area (Å²) in [7, 11) is 2.67. The van der Waals surface area contributed by atoms with Crippen LogP contribution < -0.4 is 10.3 Å². The molecule has 0 fully saturated rings. The van der Waals surface area contributed by atoms with Gasteiger partial charge in [0.15, 0.2) is 0 Å². The number of benzene rings is 1. The molecular formula is C14H13NO4. The lowest BCUT2D eigenvalue weighted by molar-refractivity contribution is 0.0596. The quantitative estimate of drug-likeness (QED) is 0.786. The Balaban J connectivity index is 2.64. The van der Waals surface area contributed by atoms with Gasteiger partial charge in [-0.25, -0.2) is 4.79 Å². The number of ether oxygens (including phenoxy) is 2. The third-order valence-corrected chi connectivity index (χ3v) is 2.68. The van der Waals surface area contributed by atoms with E-state index in [1.807, 2.05) is 18.2 Å². The lowest BCUT2D eigenvalue weighted by Crippen LogP contribution is -2.20. The van der Waals surface area contributed by atoms with Gasteiger partial charge in [-0.2, -0.15) is 0 Å². The van der Waals surface area contributed by atoms with Crippen LogP contribution in [0.25, 0.3) is 5.69 Å². The van der Waals surface area contributed by atoms with Crippen molar-refractivity contribution in [3.05, 3.63) is 58.5 Å². The van der Waals surface area contributed by atoms with Crippen molar-refractivity contribution in [2.24, 2.45) is 0 Å². The van der Waals surface area contributed by atoms with Crippen LogP contribution in [0.2, 0.25) is 0 Å². The Labute approximate surface area is 110 Å². The first kappa shape index (κ1) is 12.9. The van der Waals surface area contributed by atoms with Crippen LogP contribution in [0.1, 0.15) is 10.4 Å². The SMILES string of the molecule is COC(=O)c1cn(-c2ccccc2)c(=O)cc1OC. The third kappa shape index (κ3) is 2.49. The number of carbonyl (C=O) groups is 1. The lowest BCUT2D eigenvalue weighted by Gasteiger charge is -2.10. The Hall–Kier alpha value is -2.56. The zero-order valence-electron chi connectivity index (χ0n) is 10.6. The van der Waals surface area contributed by atoms with Crippen molar-refractivity contribution in [3.8, 4) is 11.4 Å². The first-order chi connectivity index (χ1) is 9.17. The summed E-state index contributed by atoms with van der Waals surface area (Å²) in [5.41, 5.74) is 0.587. The molecule has 0 saturated heterocycles. The average molecular weight is 259 g/mol. The summed E-state index contributed by atoms with van der Waals surface area (Å²) < 4.78 is 11.1. The maximum atomic E-state index is 12.0. The molecular weight excluding hydrogens is 246 g/mol. The van der Waals surface area contributed by atoms with Crippen molar-refractivity contribution >= 4 is 5.97 Å². The second kappa shape index (κ2) is 5.39. The molecule has 5 nitrogen and oxygen atoms in total. The van der Waals surface area contributed by atoms with E-state index >= 15 is 0 Å². The van der Waals surface area contributed by atoms with Gasteiger partial charge in [0.25, 0.3) is 5.56 Å². The molecule has 0 spiro atoms. The first-order valence-corrected chi connectivity index (χ1v) is 5.62. The van der Waals surface area contributed by atoms with Crippen LogP contribution >= 0.6 is 0 Å². The molecule has 19 heavy (non-hydrogen) atoms. The molecule has 0 aliphatic rings. The summed E-state index contributed by atoms with van der Waals surface area (Å²) in [5.74, 6) is -0.356. The number of hydrogen-bond acceptors (Lipinski definition) is 4. The van der Waals surface area contributed by atoms with Crippen LogP contribution in [0.5, 0.6) is 5.75 Å². The van der Waals surface area contributed by atoms with E-state index in [-0.39, 0.29) is 16.9 Å². The Bertz CT molecular complexity index is 646. The highest BCUT2D eigenvalue weighted by Crippen LogP contribution is 2.17. The number of aromatic nitrogens is 1. The smallest absolute Gasteiger partial charge is 0.343 e. The van der Waals surface area contributed by atoms with Gasteiger partial charge in [-0.15, -0.1) is 0 Å². The normalized spacial score (nSPS) is 10.0. The largest absolute Gasteiger partial charge is 0.496 e. The summed E-state index contributed by atoms with van der Waals surface area (Å²) in [5, 5.41) is 0. The zero-order valence-corrected chi connectivity index (χ0v) is 10.6. The van der Waals surface area contributed by atoms with E-state index in [1.54, 1.807) is 12.1 Å². The minimum Gasteiger partial charge on any atom is -0.496 e. The number of esters is 1. The summed E-state index contributed by atoms with van der Waals surface area (Å²) in [6.07, 6.45) is 1.42. The third-order valence-electron chi connectivity index (χ3n) is 2.68. The molecule has 0 saturated carbocycles. The summed E-state index contributed by atoms with van der Waals surface area (Å²) in [4.78, 5) is 23.7. The van der Waals surface area contributed by atoms with Gasteiger partial charge in [-0.05, 0) is 12.1 Å². The van der Waals surface area contributed by atoms with Crippen molar-refractivity contribution in [2.75, 3.05) is 14.2 Å². The second-order valence-electron chi connectivity index (χ2n) is 3.79. The summed E-state index contributed by atoms with van der Waals surface area (Å²) in [6.45, 7) is 0. The molecule has 98 valence electrons. The van der Waals surface area contributed by atoms with Crippen molar-refractivity contribution in [1.82, 2.24) is 4.57 Å². The van der Waals surface area contributed by atoms with E-state index in [0.717, 1.165) is 0 Å². The molecule has 0 atom stereocenters. The van der Waals surface area contributed by atoms with Crippen LogP contribution in [0.4, 0.5) is 0 Å². The van der Waals surface area contributed by atoms with Gasteiger partial charge in [0.2, 0.25) is 0 Å². The molecule has 5 heteroatoms. The van der Waals surface area contributed by atoms with Crippen molar-refractivity contribution in [3.63, 3.8) is 0 Å². The number of pyridine rings is 1. The van der Waals surface area contributed by atoms with Crippen LogP contribution in [0.3, 0.4) is 0 Å². The highest BCUT2D eigenvalue weighted by atomic mass is 16.5. The average Bonchev–Trinajstić information content (AvgIpc) is 2.47. The molecule has 0 bridgehead atoms. The molecule has 0 radical (unpaired) electrons. The van der Waals surface area contributed by atoms with Crippen molar-refractivity contribution in [2.45, 2.75) is 0 Å². The summed E-state index contributed by atoms with van der Waals surface area (Å²) in [6, 6.07) is 10.3. The molecule has 0 aliphatic carbocycles. The van der Waals surface area contributed by atoms with Crippen molar-refractivity contribution < 1.29 is 14.3 Å². The van der Waals surface area contributed by atoms with E-state index in [1.165, 1.54) is 31.0 Å². The fraction of sp³-hybridized carbons (Fsp3) is 0.143. The second-order valence-corrected chi connectivity index (χ2v) is 3.79. The molecule has 0 amide bonds. The molecule has 2 aromatic rings. The molecule has 1 aromatic heterocycles. The van der Waals surface area contributed by atoms with Crippen LogP contribution in [0.15, 0.2) is 47.4 Å². The number of hydrogen-bond donors (Lipinski definition) is 0. The number of methoxy groups -OCH3 is 2. The molecule has 2 rings (SSSR count). The van der Waals surface area contributed by atoms with Gasteiger partial charge >= 0.3 is 5.97 Å². The summed E-state index contributed by atoms with van der Waals surface area (Å²) >= 11 is 0. The predicted molar refractivity (Wildman–Crippen MR) is 69.9 cm³/mol. The Morgan fingerprint density at radius 1 is 1.16 bits per heavy atom. The fourth-order valence-corrected chi connectivity index (χ4v) is 1.74. The maximum Gasteiger partial charge on any atom is 0.343 e. The standard InChI is InChI=1S/C14H13NO4/c1-18-12-8-13(16)15(9-11(12)14(17)19-2)10-6-4-3-5-7-10/h3-9H,1-2H3. The molecule has 1 aromatic carbocycles. The van der Waals surface area contributed by atoms with Crippen molar-refractivity contribution in [1.29, 1.82) is 0 Å². The number of nitrogens with zero attached hydrogens (tertiary/aromatic N) is 1. The molecule has 1 heterocycles. The highest BCUT2D eigenvalue weighted by Gasteiger charge is 2.15. The van der Waals surface area contributed by atoms with E-state index in [0.29, 0.717) is 5.69 Å². The Kier molecular flexibility index (Phi) is 3.66. The van der Waals surface area contributed by atoms with Crippen LogP contribution in [-0.2, 0) is 4.74 Å². The molecule has 0 aliphatic heterocycles. The molecule has 0 N–H and O–H groups in total. The minimum atomic E-state index is -0.554. The number of rotatable bonds is 3. The van der Waals surface area contributed by atoms with Gasteiger partial charge in [0, 0.05) is 18.0 Å². The maximum absolute atomic E-state index is 12.0. The van der Waals surface area contributed by atoms with Gasteiger partial charge < -0.3 is 9.47 Å². The van der Waals surface area contributed by atoms with Gasteiger partial charge in [-0.1, -0.05) is 18.2 Å². The fourth-order valence-electron chi connectivity index (χ4n) is 1.74. The van der Waals surface area contributed by atoms with E-state index in [2.05, 4.69) is 4.74 Å². The van der Waals surface area contributed by atoms with Gasteiger partial charge in [0.1, 0.15) is 11.3 Å². The zero-order chi connectivity index (χ0) is 13.8. The Morgan fingerprint density at radius 2 is 1.84 bits per heavy atom. The Morgan fingerprint density at radius 3 is 2.42 bits per heavy atom. The molecule has 0 unspecified atom stereocenters. The van der Waals surface area contributed by atoms with E-state index < -0.39 is 5.97 Å². The van der Waals surface area contributed by atoms with Gasteiger partial charge in [0.05, 0.1) is 14.2 Å². The van der Waals surface area contributed by atoms with Crippen LogP contribution in [-0.4, -0.2) is 24.8 Å². The predicted octanol–water partition coefficient (Wildman–Crippen LogP) is 1.63. The number of carbonyl (C=O) groups excluding carboxylic acids is 1. The van der Waals surface area contributed by atoms with Gasteiger partial charge in [-0.3, -0.25) is 9.36 Å². The topological polar surface area (TPSA) is 57.5 Å². The lowest BCUT2D eigenvalue weighted by atomic mass is 10.2. The minimum absolute atomic E-state index is 0.198. The monoisotopic (exact) mass is 259 g/mol. The first-order valence-electron chi connectivity index (χ1n) is 5.62. The van der Waals surface area contributed by atoms with E-state index in [4.69, 9.17) is 4.74 Å². The number of para-hydroxylation sites is 1. The van der Waals surface area contributed by atoms with Crippen LogP contribution in [0, 0.1) is 0 Å². The highest BCUT2D eigenvalue weighted by molar-refractivity contribution is 5.92.